The van der Waals surface area contributed by atoms with Crippen molar-refractivity contribution in [3.8, 4) is 10.6 Å². The third-order valence-corrected chi connectivity index (χ3v) is 6.46. The van der Waals surface area contributed by atoms with E-state index in [9.17, 15) is 4.79 Å². The Bertz CT molecular complexity index is 1040. The van der Waals surface area contributed by atoms with Crippen molar-refractivity contribution in [2.75, 3.05) is 51.6 Å². The molecule has 1 saturated heterocycles. The second-order valence-electron chi connectivity index (χ2n) is 7.54. The van der Waals surface area contributed by atoms with Gasteiger partial charge in [0.05, 0.1) is 10.6 Å². The number of hydrogen-bond acceptors (Lipinski definition) is 7. The second kappa shape index (κ2) is 13.9. The fourth-order valence-electron chi connectivity index (χ4n) is 3.65. The zero-order valence-electron chi connectivity index (χ0n) is 18.7. The minimum absolute atomic E-state index is 0. The van der Waals surface area contributed by atoms with Crippen LogP contribution in [0, 0.1) is 6.92 Å². The minimum Gasteiger partial charge on any atom is -0.355 e. The van der Waals surface area contributed by atoms with Crippen molar-refractivity contribution in [2.45, 2.75) is 13.3 Å². The molecule has 0 spiro atoms. The molecule has 1 amide bonds. The Kier molecular flexibility index (Phi) is 12.4. The van der Waals surface area contributed by atoms with Gasteiger partial charge in [0.15, 0.2) is 0 Å². The summed E-state index contributed by atoms with van der Waals surface area (Å²) in [5.74, 6) is 0.594. The number of rotatable bonds is 7. The third-order valence-electron chi connectivity index (χ3n) is 5.36. The van der Waals surface area contributed by atoms with Crippen LogP contribution >= 0.6 is 48.6 Å². The molecule has 0 atom stereocenters. The molecule has 1 aliphatic rings. The van der Waals surface area contributed by atoms with E-state index in [4.69, 9.17) is 4.98 Å². The lowest BCUT2D eigenvalue weighted by molar-refractivity contribution is 0.0963. The number of piperazine rings is 1. The summed E-state index contributed by atoms with van der Waals surface area (Å²) >= 11 is 1.65. The summed E-state index contributed by atoms with van der Waals surface area (Å²) in [5, 5.41) is 10.6. The van der Waals surface area contributed by atoms with Crippen LogP contribution in [0.5, 0.6) is 0 Å². The number of fused-ring (bicyclic) bond motifs is 1. The lowest BCUT2D eigenvalue weighted by Crippen LogP contribution is -2.44. The quantitative estimate of drug-likeness (QED) is 0.398. The number of halogens is 3. The summed E-state index contributed by atoms with van der Waals surface area (Å²) in [6.07, 6.45) is 2.94. The van der Waals surface area contributed by atoms with Crippen molar-refractivity contribution in [2.24, 2.45) is 0 Å². The van der Waals surface area contributed by atoms with Gasteiger partial charge in [0.2, 0.25) is 5.95 Å². The highest BCUT2D eigenvalue weighted by Crippen LogP contribution is 2.34. The van der Waals surface area contributed by atoms with Gasteiger partial charge in [0.1, 0.15) is 0 Å². The van der Waals surface area contributed by atoms with Crippen molar-refractivity contribution in [3.05, 3.63) is 41.6 Å². The molecule has 1 fully saturated rings. The number of carbonyl (C=O) groups is 1. The van der Waals surface area contributed by atoms with E-state index in [-0.39, 0.29) is 43.1 Å². The van der Waals surface area contributed by atoms with Crippen LogP contribution < -0.4 is 16.0 Å². The zero-order chi connectivity index (χ0) is 20.9. The van der Waals surface area contributed by atoms with Crippen molar-refractivity contribution in [1.29, 1.82) is 0 Å². The Labute approximate surface area is 217 Å². The molecule has 0 unspecified atom stereocenters. The molecule has 0 bridgehead atoms. The van der Waals surface area contributed by atoms with E-state index in [2.05, 4.69) is 31.9 Å². The number of aromatic nitrogens is 2. The van der Waals surface area contributed by atoms with Gasteiger partial charge in [-0.25, -0.2) is 9.97 Å². The maximum atomic E-state index is 11.9. The Morgan fingerprint density at radius 3 is 2.67 bits per heavy atom. The van der Waals surface area contributed by atoms with E-state index in [1.54, 1.807) is 18.4 Å². The SMILES string of the molecule is CNC(=O)c1ccc2cc(-c3nc(NCCCN4CCNCC4)ncc3C)sc2c1.Cl.Cl.Cl. The smallest absolute Gasteiger partial charge is 0.251 e. The number of hydrogen-bond donors (Lipinski definition) is 3. The Balaban J connectivity index is 0.00000181. The van der Waals surface area contributed by atoms with Crippen molar-refractivity contribution in [1.82, 2.24) is 25.5 Å². The first kappa shape index (κ1) is 29.4. The molecule has 0 aliphatic carbocycles. The number of nitrogens with zero attached hydrogens (tertiary/aromatic N) is 3. The number of carbonyl (C=O) groups excluding carboxylic acids is 1. The van der Waals surface area contributed by atoms with Crippen LogP contribution in [-0.4, -0.2) is 67.1 Å². The van der Waals surface area contributed by atoms with Crippen LogP contribution in [0.3, 0.4) is 0 Å². The summed E-state index contributed by atoms with van der Waals surface area (Å²) in [4.78, 5) is 24.7. The van der Waals surface area contributed by atoms with Crippen molar-refractivity contribution in [3.63, 3.8) is 0 Å². The zero-order valence-corrected chi connectivity index (χ0v) is 22.0. The first-order valence-corrected chi connectivity index (χ1v) is 11.2. The molecule has 3 N–H and O–H groups in total. The van der Waals surface area contributed by atoms with Gasteiger partial charge >= 0.3 is 0 Å². The van der Waals surface area contributed by atoms with Crippen LogP contribution in [0.4, 0.5) is 5.95 Å². The number of nitrogens with one attached hydrogen (secondary N) is 3. The molecular weight excluding hydrogens is 503 g/mol. The van der Waals surface area contributed by atoms with Crippen LogP contribution in [0.2, 0.25) is 0 Å². The molecule has 2 aromatic heterocycles. The summed E-state index contributed by atoms with van der Waals surface area (Å²) in [6, 6.07) is 7.92. The van der Waals surface area contributed by atoms with Gasteiger partial charge in [-0.1, -0.05) is 6.07 Å². The van der Waals surface area contributed by atoms with Gasteiger partial charge in [-0.05, 0) is 49.0 Å². The van der Waals surface area contributed by atoms with E-state index in [0.29, 0.717) is 11.5 Å². The van der Waals surface area contributed by atoms with Crippen LogP contribution in [0.1, 0.15) is 22.3 Å². The molecule has 182 valence electrons. The fourth-order valence-corrected chi connectivity index (χ4v) is 4.80. The van der Waals surface area contributed by atoms with E-state index >= 15 is 0 Å². The lowest BCUT2D eigenvalue weighted by Gasteiger charge is -2.27. The standard InChI is InChI=1S/C22H28N6OS.3ClH/c1-15-14-26-22(25-6-3-9-28-10-7-24-8-11-28)27-20(15)19-12-16-4-5-17(21(29)23-2)13-18(16)30-19;;;/h4-5,12-14,24H,3,6-11H2,1-2H3,(H,23,29)(H,25,26,27);3*1H. The average molecular weight is 534 g/mol. The third kappa shape index (κ3) is 7.40. The molecule has 0 saturated carbocycles. The van der Waals surface area contributed by atoms with Gasteiger partial charge in [0, 0.05) is 56.2 Å². The summed E-state index contributed by atoms with van der Waals surface area (Å²) < 4.78 is 1.08. The number of thiophene rings is 1. The highest BCUT2D eigenvalue weighted by atomic mass is 35.5. The maximum Gasteiger partial charge on any atom is 0.251 e. The Morgan fingerprint density at radius 2 is 1.94 bits per heavy atom. The summed E-state index contributed by atoms with van der Waals surface area (Å²) in [5.41, 5.74) is 2.65. The van der Waals surface area contributed by atoms with Gasteiger partial charge in [0.25, 0.3) is 5.91 Å². The van der Waals surface area contributed by atoms with E-state index < -0.39 is 0 Å². The highest BCUT2D eigenvalue weighted by Gasteiger charge is 2.13. The van der Waals surface area contributed by atoms with Crippen molar-refractivity contribution < 1.29 is 4.79 Å². The minimum atomic E-state index is -0.0719. The van der Waals surface area contributed by atoms with Gasteiger partial charge < -0.3 is 20.9 Å². The molecule has 11 heteroatoms. The molecule has 33 heavy (non-hydrogen) atoms. The molecule has 7 nitrogen and oxygen atoms in total. The molecule has 3 heterocycles. The van der Waals surface area contributed by atoms with Gasteiger partial charge in [-0.2, -0.15) is 0 Å². The first-order chi connectivity index (χ1) is 14.6. The maximum absolute atomic E-state index is 11.9. The van der Waals surface area contributed by atoms with Crippen molar-refractivity contribution >= 4 is 70.5 Å². The molecule has 1 aromatic carbocycles. The Hall–Kier alpha value is -1.68. The predicted octanol–water partition coefficient (Wildman–Crippen LogP) is 4.00. The normalized spacial score (nSPS) is 13.4. The highest BCUT2D eigenvalue weighted by molar-refractivity contribution is 7.22. The van der Waals surface area contributed by atoms with E-state index in [1.807, 2.05) is 31.3 Å². The molecule has 3 aromatic rings. The van der Waals surface area contributed by atoms with Crippen LogP contribution in [0.25, 0.3) is 20.7 Å². The second-order valence-corrected chi connectivity index (χ2v) is 8.62. The molecular formula is C22H31Cl3N6OS. The average Bonchev–Trinajstić information content (AvgIpc) is 3.21. The molecule has 4 rings (SSSR count). The lowest BCUT2D eigenvalue weighted by atomic mass is 10.1. The fraction of sp³-hybridized carbons (Fsp3) is 0.409. The monoisotopic (exact) mass is 532 g/mol. The largest absolute Gasteiger partial charge is 0.355 e. The number of anilines is 1. The van der Waals surface area contributed by atoms with Gasteiger partial charge in [-0.3, -0.25) is 4.79 Å². The first-order valence-electron chi connectivity index (χ1n) is 10.4. The van der Waals surface area contributed by atoms with Gasteiger partial charge in [-0.15, -0.1) is 48.6 Å². The Morgan fingerprint density at radius 1 is 1.18 bits per heavy atom. The summed E-state index contributed by atoms with van der Waals surface area (Å²) in [6.45, 7) is 8.39. The van der Waals surface area contributed by atoms with Crippen LogP contribution in [0.15, 0.2) is 30.5 Å². The molecule has 0 radical (unpaired) electrons. The van der Waals surface area contributed by atoms with E-state index in [0.717, 1.165) is 71.9 Å². The topological polar surface area (TPSA) is 82.2 Å². The van der Waals surface area contributed by atoms with Crippen LogP contribution in [-0.2, 0) is 0 Å². The van der Waals surface area contributed by atoms with E-state index in [1.165, 1.54) is 0 Å². The molecule has 1 aliphatic heterocycles. The predicted molar refractivity (Wildman–Crippen MR) is 145 cm³/mol. The number of aryl methyl sites for hydroxylation is 1. The number of amides is 1. The summed E-state index contributed by atoms with van der Waals surface area (Å²) in [7, 11) is 1.65. The number of benzene rings is 1.